The van der Waals surface area contributed by atoms with Crippen LogP contribution in [0.1, 0.15) is 12.8 Å². The Morgan fingerprint density at radius 2 is 2.17 bits per heavy atom. The molecule has 1 aliphatic rings. The van der Waals surface area contributed by atoms with E-state index in [2.05, 4.69) is 26.7 Å². The van der Waals surface area contributed by atoms with Gasteiger partial charge in [-0.2, -0.15) is 5.10 Å². The first-order valence-electron chi connectivity index (χ1n) is 9.67. The number of furan rings is 1. The largest absolute Gasteiger partial charge is 0.497 e. The summed E-state index contributed by atoms with van der Waals surface area (Å²) in [6, 6.07) is 13.3. The quantitative estimate of drug-likeness (QED) is 0.691. The van der Waals surface area contributed by atoms with Gasteiger partial charge in [-0.1, -0.05) is 6.07 Å². The van der Waals surface area contributed by atoms with E-state index < -0.39 is 0 Å². The second-order valence-electron chi connectivity index (χ2n) is 7.10. The summed E-state index contributed by atoms with van der Waals surface area (Å²) < 4.78 is 12.3. The van der Waals surface area contributed by atoms with E-state index in [9.17, 15) is 4.79 Å². The number of benzene rings is 1. The number of hydrogen-bond donors (Lipinski definition) is 2. The van der Waals surface area contributed by atoms with E-state index in [1.165, 1.54) is 0 Å². The number of carbonyl (C=O) groups is 1. The Hall–Kier alpha value is -3.42. The standard InChI is InChI=1S/C21H25N5O3/c1-25-20(13-18(24-25)19-9-5-11-29-19)23-21(27)22-15-6-4-10-26(14-15)16-7-3-8-17(12-16)28-2/h3,5,7-9,11-13,15H,4,6,10,14H2,1-2H3,(H2,22,23,27). The van der Waals surface area contributed by atoms with Gasteiger partial charge in [0.05, 0.1) is 13.4 Å². The maximum absolute atomic E-state index is 12.5. The Balaban J connectivity index is 1.37. The highest BCUT2D eigenvalue weighted by Gasteiger charge is 2.22. The summed E-state index contributed by atoms with van der Waals surface area (Å²) in [7, 11) is 3.45. The van der Waals surface area contributed by atoms with Gasteiger partial charge in [-0.05, 0) is 37.1 Å². The van der Waals surface area contributed by atoms with Crippen molar-refractivity contribution in [1.29, 1.82) is 0 Å². The van der Waals surface area contributed by atoms with Crippen molar-refractivity contribution in [3.8, 4) is 17.2 Å². The van der Waals surface area contributed by atoms with Crippen molar-refractivity contribution in [2.24, 2.45) is 7.05 Å². The van der Waals surface area contributed by atoms with Gasteiger partial charge in [-0.25, -0.2) is 4.79 Å². The molecule has 8 nitrogen and oxygen atoms in total. The van der Waals surface area contributed by atoms with Crippen LogP contribution < -0.4 is 20.3 Å². The first-order valence-corrected chi connectivity index (χ1v) is 9.67. The van der Waals surface area contributed by atoms with Crippen molar-refractivity contribution in [3.05, 3.63) is 48.7 Å². The zero-order chi connectivity index (χ0) is 20.2. The van der Waals surface area contributed by atoms with Crippen LogP contribution in [-0.2, 0) is 7.05 Å². The number of carbonyl (C=O) groups excluding carboxylic acids is 1. The molecule has 2 amide bonds. The molecule has 1 fully saturated rings. The Bertz CT molecular complexity index is 967. The summed E-state index contributed by atoms with van der Waals surface area (Å²) >= 11 is 0. The van der Waals surface area contributed by atoms with Crippen LogP contribution in [0.4, 0.5) is 16.3 Å². The summed E-state index contributed by atoms with van der Waals surface area (Å²) in [4.78, 5) is 14.8. The van der Waals surface area contributed by atoms with Crippen molar-refractivity contribution >= 4 is 17.5 Å². The Labute approximate surface area is 169 Å². The summed E-state index contributed by atoms with van der Waals surface area (Å²) in [5.74, 6) is 2.10. The minimum atomic E-state index is -0.239. The molecule has 1 saturated heterocycles. The van der Waals surface area contributed by atoms with E-state index in [0.29, 0.717) is 17.3 Å². The fraction of sp³-hybridized carbons (Fsp3) is 0.333. The molecule has 0 saturated carbocycles. The molecule has 2 N–H and O–H groups in total. The van der Waals surface area contributed by atoms with E-state index in [1.807, 2.05) is 24.3 Å². The van der Waals surface area contributed by atoms with Crippen LogP contribution in [-0.4, -0.2) is 42.1 Å². The number of aromatic nitrogens is 2. The first kappa shape index (κ1) is 18.9. The number of nitrogens with zero attached hydrogens (tertiary/aromatic N) is 3. The molecule has 1 aromatic carbocycles. The number of nitrogens with one attached hydrogen (secondary N) is 2. The number of piperidine rings is 1. The third-order valence-corrected chi connectivity index (χ3v) is 5.07. The van der Waals surface area contributed by atoms with Gasteiger partial charge in [-0.15, -0.1) is 0 Å². The van der Waals surface area contributed by atoms with Crippen LogP contribution in [0.25, 0.3) is 11.5 Å². The van der Waals surface area contributed by atoms with Gasteiger partial charge >= 0.3 is 6.03 Å². The van der Waals surface area contributed by atoms with Crippen LogP contribution in [0.2, 0.25) is 0 Å². The lowest BCUT2D eigenvalue weighted by atomic mass is 10.0. The molecule has 4 rings (SSSR count). The van der Waals surface area contributed by atoms with Gasteiger partial charge in [0, 0.05) is 44.0 Å². The van der Waals surface area contributed by atoms with Crippen molar-refractivity contribution < 1.29 is 13.9 Å². The van der Waals surface area contributed by atoms with E-state index in [1.54, 1.807) is 37.2 Å². The molecule has 3 heterocycles. The minimum absolute atomic E-state index is 0.0627. The predicted octanol–water partition coefficient (Wildman–Crippen LogP) is 3.48. The molecule has 152 valence electrons. The topological polar surface area (TPSA) is 84.6 Å². The fourth-order valence-corrected chi connectivity index (χ4v) is 3.60. The number of aryl methyl sites for hydroxylation is 1. The number of anilines is 2. The fourth-order valence-electron chi connectivity index (χ4n) is 3.60. The second-order valence-corrected chi connectivity index (χ2v) is 7.10. The molecule has 3 aromatic rings. The van der Waals surface area contributed by atoms with Crippen molar-refractivity contribution in [2.45, 2.75) is 18.9 Å². The lowest BCUT2D eigenvalue weighted by molar-refractivity contribution is 0.246. The van der Waals surface area contributed by atoms with Gasteiger partial charge in [0.15, 0.2) is 5.76 Å². The molecule has 8 heteroatoms. The zero-order valence-corrected chi connectivity index (χ0v) is 16.6. The van der Waals surface area contributed by atoms with Crippen LogP contribution >= 0.6 is 0 Å². The molecule has 29 heavy (non-hydrogen) atoms. The van der Waals surface area contributed by atoms with E-state index in [4.69, 9.17) is 9.15 Å². The highest BCUT2D eigenvalue weighted by Crippen LogP contribution is 2.25. The molecule has 1 atom stereocenters. The van der Waals surface area contributed by atoms with Crippen LogP contribution in [0.15, 0.2) is 53.1 Å². The zero-order valence-electron chi connectivity index (χ0n) is 16.6. The first-order chi connectivity index (χ1) is 14.1. The van der Waals surface area contributed by atoms with Crippen LogP contribution in [0.5, 0.6) is 5.75 Å². The average Bonchev–Trinajstić information content (AvgIpc) is 3.38. The van der Waals surface area contributed by atoms with Gasteiger partial charge in [0.1, 0.15) is 17.3 Å². The lowest BCUT2D eigenvalue weighted by Crippen LogP contribution is -2.49. The van der Waals surface area contributed by atoms with E-state index in [-0.39, 0.29) is 12.1 Å². The normalized spacial score (nSPS) is 16.5. The number of methoxy groups -OCH3 is 1. The Morgan fingerprint density at radius 1 is 1.28 bits per heavy atom. The summed E-state index contributed by atoms with van der Waals surface area (Å²) in [5, 5.41) is 10.3. The molecule has 2 aromatic heterocycles. The maximum Gasteiger partial charge on any atom is 0.320 e. The number of ether oxygens (including phenoxy) is 1. The summed E-state index contributed by atoms with van der Waals surface area (Å²) in [6.07, 6.45) is 3.55. The number of rotatable bonds is 5. The smallest absolute Gasteiger partial charge is 0.320 e. The molecule has 0 aliphatic carbocycles. The Morgan fingerprint density at radius 3 is 2.97 bits per heavy atom. The highest BCUT2D eigenvalue weighted by atomic mass is 16.5. The lowest BCUT2D eigenvalue weighted by Gasteiger charge is -2.34. The molecule has 0 bridgehead atoms. The molecule has 1 unspecified atom stereocenters. The van der Waals surface area contributed by atoms with Gasteiger partial charge < -0.3 is 19.4 Å². The summed E-state index contributed by atoms with van der Waals surface area (Å²) in [5.41, 5.74) is 1.78. The highest BCUT2D eigenvalue weighted by molar-refractivity contribution is 5.89. The van der Waals surface area contributed by atoms with Crippen molar-refractivity contribution in [3.63, 3.8) is 0 Å². The SMILES string of the molecule is COc1cccc(N2CCCC(NC(=O)Nc3cc(-c4ccco4)nn3C)C2)c1. The molecule has 0 radical (unpaired) electrons. The average molecular weight is 395 g/mol. The monoisotopic (exact) mass is 395 g/mol. The van der Waals surface area contributed by atoms with Gasteiger partial charge in [0.2, 0.25) is 0 Å². The third-order valence-electron chi connectivity index (χ3n) is 5.07. The van der Waals surface area contributed by atoms with E-state index >= 15 is 0 Å². The molecule has 1 aliphatic heterocycles. The predicted molar refractivity (Wildman–Crippen MR) is 111 cm³/mol. The number of urea groups is 1. The van der Waals surface area contributed by atoms with E-state index in [0.717, 1.165) is 37.4 Å². The summed E-state index contributed by atoms with van der Waals surface area (Å²) in [6.45, 7) is 1.71. The van der Waals surface area contributed by atoms with Crippen LogP contribution in [0.3, 0.4) is 0 Å². The molecular weight excluding hydrogens is 370 g/mol. The molecular formula is C21H25N5O3. The minimum Gasteiger partial charge on any atom is -0.497 e. The Kier molecular flexibility index (Phi) is 5.41. The second kappa shape index (κ2) is 8.30. The van der Waals surface area contributed by atoms with Gasteiger partial charge in [0.25, 0.3) is 0 Å². The van der Waals surface area contributed by atoms with Crippen LogP contribution in [0, 0.1) is 0 Å². The third kappa shape index (κ3) is 4.37. The van der Waals surface area contributed by atoms with Gasteiger partial charge in [-0.3, -0.25) is 10.00 Å². The molecule has 0 spiro atoms. The van der Waals surface area contributed by atoms with Crippen molar-refractivity contribution in [1.82, 2.24) is 15.1 Å². The van der Waals surface area contributed by atoms with Crippen molar-refractivity contribution in [2.75, 3.05) is 30.4 Å². The maximum atomic E-state index is 12.5. The number of hydrogen-bond acceptors (Lipinski definition) is 5. The number of amides is 2.